The molecule has 2 N–H and O–H groups in total. The zero-order chi connectivity index (χ0) is 13.9. The molecule has 5 nitrogen and oxygen atoms in total. The molecule has 1 unspecified atom stereocenters. The topological polar surface area (TPSA) is 59.0 Å². The lowest BCUT2D eigenvalue weighted by atomic mass is 10.1. The maximum Gasteiger partial charge on any atom is 0.405 e. The van der Waals surface area contributed by atoms with E-state index in [0.29, 0.717) is 0 Å². The van der Waals surface area contributed by atoms with Gasteiger partial charge in [-0.05, 0) is 25.5 Å². The molecule has 1 saturated heterocycles. The van der Waals surface area contributed by atoms with Gasteiger partial charge in [0.15, 0.2) is 0 Å². The van der Waals surface area contributed by atoms with Gasteiger partial charge in [-0.15, -0.1) is 12.4 Å². The number of carbonyl (C=O) groups is 1. The number of rotatable bonds is 3. The first-order chi connectivity index (χ1) is 8.96. The summed E-state index contributed by atoms with van der Waals surface area (Å²) in [7, 11) is 0. The van der Waals surface area contributed by atoms with Crippen LogP contribution in [0.15, 0.2) is 12.3 Å². The zero-order valence-electron chi connectivity index (χ0n) is 10.6. The van der Waals surface area contributed by atoms with E-state index in [0.717, 1.165) is 25.9 Å². The standard InChI is InChI=1S/C11H15F3N4O.ClH/c12-11(13,14)7-16-10(19)9-3-5-18(17-9)8-2-1-4-15-6-8;/h3,5,8,15H,1-2,4,6-7H2,(H,16,19);1H. The number of carbonyl (C=O) groups excluding carboxylic acids is 1. The third-order valence-electron chi connectivity index (χ3n) is 2.94. The second-order valence-electron chi connectivity index (χ2n) is 4.48. The predicted octanol–water partition coefficient (Wildman–Crippen LogP) is 1.52. The summed E-state index contributed by atoms with van der Waals surface area (Å²) >= 11 is 0. The molecule has 114 valence electrons. The van der Waals surface area contributed by atoms with E-state index in [1.807, 2.05) is 0 Å². The van der Waals surface area contributed by atoms with Crippen molar-refractivity contribution in [2.24, 2.45) is 0 Å². The molecule has 2 heterocycles. The van der Waals surface area contributed by atoms with Crippen LogP contribution >= 0.6 is 12.4 Å². The molecule has 0 aliphatic carbocycles. The van der Waals surface area contributed by atoms with Crippen molar-refractivity contribution in [2.45, 2.75) is 25.1 Å². The number of halogens is 4. The molecule has 2 rings (SSSR count). The van der Waals surface area contributed by atoms with Gasteiger partial charge < -0.3 is 10.6 Å². The molecule has 0 spiro atoms. The summed E-state index contributed by atoms with van der Waals surface area (Å²) in [6.07, 6.45) is -0.829. The van der Waals surface area contributed by atoms with Gasteiger partial charge in [-0.1, -0.05) is 0 Å². The Hall–Kier alpha value is -1.28. The van der Waals surface area contributed by atoms with Gasteiger partial charge in [0, 0.05) is 12.7 Å². The normalized spacial score (nSPS) is 19.2. The van der Waals surface area contributed by atoms with Crippen molar-refractivity contribution in [1.29, 1.82) is 0 Å². The summed E-state index contributed by atoms with van der Waals surface area (Å²) in [6, 6.07) is 1.58. The van der Waals surface area contributed by atoms with E-state index in [1.165, 1.54) is 6.07 Å². The number of amides is 1. The number of aromatic nitrogens is 2. The number of nitrogens with one attached hydrogen (secondary N) is 2. The van der Waals surface area contributed by atoms with Gasteiger partial charge in [0.25, 0.3) is 5.91 Å². The van der Waals surface area contributed by atoms with Crippen LogP contribution in [0.2, 0.25) is 0 Å². The highest BCUT2D eigenvalue weighted by Gasteiger charge is 2.28. The second kappa shape index (κ2) is 6.94. The Balaban J connectivity index is 0.00000200. The molecular formula is C11H16ClF3N4O. The third-order valence-corrected chi connectivity index (χ3v) is 2.94. The second-order valence-corrected chi connectivity index (χ2v) is 4.48. The van der Waals surface area contributed by atoms with Gasteiger partial charge in [0.2, 0.25) is 0 Å². The van der Waals surface area contributed by atoms with Crippen molar-refractivity contribution in [3.8, 4) is 0 Å². The van der Waals surface area contributed by atoms with E-state index in [2.05, 4.69) is 10.4 Å². The van der Waals surface area contributed by atoms with Gasteiger partial charge >= 0.3 is 6.18 Å². The van der Waals surface area contributed by atoms with Crippen molar-refractivity contribution in [3.63, 3.8) is 0 Å². The van der Waals surface area contributed by atoms with E-state index in [9.17, 15) is 18.0 Å². The fourth-order valence-electron chi connectivity index (χ4n) is 1.99. The molecule has 0 saturated carbocycles. The van der Waals surface area contributed by atoms with Crippen LogP contribution in [-0.4, -0.2) is 41.5 Å². The fourth-order valence-corrected chi connectivity index (χ4v) is 1.99. The molecule has 1 aliphatic heterocycles. The third kappa shape index (κ3) is 4.68. The Morgan fingerprint density at radius 3 is 2.90 bits per heavy atom. The van der Waals surface area contributed by atoms with Crippen LogP contribution in [0.25, 0.3) is 0 Å². The summed E-state index contributed by atoms with van der Waals surface area (Å²) in [5.74, 6) is -0.806. The highest BCUT2D eigenvalue weighted by Crippen LogP contribution is 2.16. The number of nitrogens with zero attached hydrogens (tertiary/aromatic N) is 2. The van der Waals surface area contributed by atoms with E-state index < -0.39 is 18.6 Å². The Morgan fingerprint density at radius 1 is 1.55 bits per heavy atom. The first-order valence-corrected chi connectivity index (χ1v) is 6.06. The summed E-state index contributed by atoms with van der Waals surface area (Å²) in [6.45, 7) is 0.367. The minimum atomic E-state index is -4.41. The molecule has 1 aliphatic rings. The molecule has 0 radical (unpaired) electrons. The van der Waals surface area contributed by atoms with Gasteiger partial charge in [0.1, 0.15) is 12.2 Å². The Morgan fingerprint density at radius 2 is 2.30 bits per heavy atom. The molecule has 1 aromatic heterocycles. The Labute approximate surface area is 120 Å². The lowest BCUT2D eigenvalue weighted by Gasteiger charge is -2.22. The highest BCUT2D eigenvalue weighted by molar-refractivity contribution is 5.92. The molecule has 20 heavy (non-hydrogen) atoms. The summed E-state index contributed by atoms with van der Waals surface area (Å²) in [4.78, 5) is 11.5. The maximum atomic E-state index is 12.0. The average molecular weight is 313 g/mol. The smallest absolute Gasteiger partial charge is 0.342 e. The molecule has 0 aromatic carbocycles. The van der Waals surface area contributed by atoms with E-state index >= 15 is 0 Å². The Kier molecular flexibility index (Phi) is 5.82. The Bertz CT molecular complexity index is 443. The van der Waals surface area contributed by atoms with Gasteiger partial charge in [-0.25, -0.2) is 0 Å². The molecule has 9 heteroatoms. The number of alkyl halides is 3. The van der Waals surface area contributed by atoms with Crippen LogP contribution in [-0.2, 0) is 0 Å². The lowest BCUT2D eigenvalue weighted by Crippen LogP contribution is -2.34. The number of piperidine rings is 1. The van der Waals surface area contributed by atoms with Crippen molar-refractivity contribution in [1.82, 2.24) is 20.4 Å². The van der Waals surface area contributed by atoms with E-state index in [1.54, 1.807) is 16.2 Å². The summed E-state index contributed by atoms with van der Waals surface area (Å²) in [5.41, 5.74) is 0.00910. The summed E-state index contributed by atoms with van der Waals surface area (Å²) < 4.78 is 37.6. The van der Waals surface area contributed by atoms with Crippen molar-refractivity contribution in [2.75, 3.05) is 19.6 Å². The molecule has 1 aromatic rings. The van der Waals surface area contributed by atoms with Crippen molar-refractivity contribution in [3.05, 3.63) is 18.0 Å². The van der Waals surface area contributed by atoms with Crippen molar-refractivity contribution >= 4 is 18.3 Å². The van der Waals surface area contributed by atoms with Gasteiger partial charge in [0.05, 0.1) is 6.04 Å². The lowest BCUT2D eigenvalue weighted by molar-refractivity contribution is -0.123. The monoisotopic (exact) mass is 312 g/mol. The predicted molar refractivity (Wildman–Crippen MR) is 69.0 cm³/mol. The molecule has 1 fully saturated rings. The highest BCUT2D eigenvalue weighted by atomic mass is 35.5. The molecule has 1 atom stereocenters. The van der Waals surface area contributed by atoms with Crippen LogP contribution in [0, 0.1) is 0 Å². The minimum Gasteiger partial charge on any atom is -0.342 e. The number of hydrogen-bond acceptors (Lipinski definition) is 3. The molecule has 0 bridgehead atoms. The summed E-state index contributed by atoms with van der Waals surface area (Å²) in [5, 5.41) is 9.04. The largest absolute Gasteiger partial charge is 0.405 e. The van der Waals surface area contributed by atoms with Crippen LogP contribution in [0.5, 0.6) is 0 Å². The van der Waals surface area contributed by atoms with Gasteiger partial charge in [-0.3, -0.25) is 9.48 Å². The first-order valence-electron chi connectivity index (χ1n) is 6.06. The first kappa shape index (κ1) is 16.8. The molecule has 1 amide bonds. The van der Waals surface area contributed by atoms with Crippen LogP contribution in [0.4, 0.5) is 13.2 Å². The van der Waals surface area contributed by atoms with Crippen LogP contribution < -0.4 is 10.6 Å². The SMILES string of the molecule is Cl.O=C(NCC(F)(F)F)c1ccn(C2CCCNC2)n1. The maximum absolute atomic E-state index is 12.0. The number of hydrogen-bond donors (Lipinski definition) is 2. The van der Waals surface area contributed by atoms with E-state index in [4.69, 9.17) is 0 Å². The average Bonchev–Trinajstić information content (AvgIpc) is 2.86. The fraction of sp³-hybridized carbons (Fsp3) is 0.636. The van der Waals surface area contributed by atoms with Crippen molar-refractivity contribution < 1.29 is 18.0 Å². The van der Waals surface area contributed by atoms with Crippen LogP contribution in [0.1, 0.15) is 29.4 Å². The van der Waals surface area contributed by atoms with E-state index in [-0.39, 0.29) is 24.1 Å². The minimum absolute atomic E-state index is 0. The van der Waals surface area contributed by atoms with Crippen LogP contribution in [0.3, 0.4) is 0 Å². The quantitative estimate of drug-likeness (QED) is 0.890. The molecular weight excluding hydrogens is 297 g/mol. The van der Waals surface area contributed by atoms with Gasteiger partial charge in [-0.2, -0.15) is 18.3 Å². The zero-order valence-corrected chi connectivity index (χ0v) is 11.4.